The van der Waals surface area contributed by atoms with Gasteiger partial charge in [0, 0.05) is 23.2 Å². The van der Waals surface area contributed by atoms with Crippen molar-refractivity contribution in [2.24, 2.45) is 5.92 Å². The monoisotopic (exact) mass is 347 g/mol. The second-order valence-electron chi connectivity index (χ2n) is 5.14. The van der Waals surface area contributed by atoms with Crippen molar-refractivity contribution in [1.29, 1.82) is 0 Å². The van der Waals surface area contributed by atoms with E-state index in [-0.39, 0.29) is 5.91 Å². The van der Waals surface area contributed by atoms with Crippen LogP contribution in [0.3, 0.4) is 0 Å². The third-order valence-electron chi connectivity index (χ3n) is 2.83. The summed E-state index contributed by atoms with van der Waals surface area (Å²) in [5.41, 5.74) is 0.961. The molecular weight excluding hydrogens is 330 g/mol. The predicted molar refractivity (Wildman–Crippen MR) is 88.9 cm³/mol. The Morgan fingerprint density at radius 1 is 1.38 bits per heavy atom. The Kier molecular flexibility index (Phi) is 5.33. The standard InChI is InChI=1S/C16H18BrN3O/c1-12(2)11-20-15(9-10-18-20)19-16(21)8-7-13-5-3-4-6-14(13)17/h3-10,12H,11H2,1-2H3,(H,19,21)/b8-7+. The molecule has 0 aliphatic carbocycles. The minimum absolute atomic E-state index is 0.170. The van der Waals surface area contributed by atoms with Gasteiger partial charge in [0.2, 0.25) is 5.91 Å². The fraction of sp³-hybridized carbons (Fsp3) is 0.250. The number of amides is 1. The van der Waals surface area contributed by atoms with Crippen LogP contribution >= 0.6 is 15.9 Å². The summed E-state index contributed by atoms with van der Waals surface area (Å²) in [7, 11) is 0. The lowest BCUT2D eigenvalue weighted by atomic mass is 10.2. The number of halogens is 1. The van der Waals surface area contributed by atoms with E-state index in [0.29, 0.717) is 11.7 Å². The quantitative estimate of drug-likeness (QED) is 0.832. The number of carbonyl (C=O) groups is 1. The number of nitrogens with one attached hydrogen (secondary N) is 1. The molecule has 0 aliphatic heterocycles. The Balaban J connectivity index is 2.02. The molecule has 1 aromatic carbocycles. The van der Waals surface area contributed by atoms with Crippen LogP contribution in [0.25, 0.3) is 6.08 Å². The van der Waals surface area contributed by atoms with Crippen LogP contribution in [0.15, 0.2) is 47.1 Å². The zero-order valence-corrected chi connectivity index (χ0v) is 13.7. The van der Waals surface area contributed by atoms with Crippen molar-refractivity contribution in [3.8, 4) is 0 Å². The fourth-order valence-corrected chi connectivity index (χ4v) is 2.29. The van der Waals surface area contributed by atoms with E-state index >= 15 is 0 Å². The molecule has 0 bridgehead atoms. The number of anilines is 1. The van der Waals surface area contributed by atoms with E-state index in [1.54, 1.807) is 23.0 Å². The summed E-state index contributed by atoms with van der Waals surface area (Å²) in [5, 5.41) is 7.06. The molecule has 1 N–H and O–H groups in total. The number of aromatic nitrogens is 2. The fourth-order valence-electron chi connectivity index (χ4n) is 1.87. The first kappa shape index (κ1) is 15.5. The van der Waals surface area contributed by atoms with E-state index in [4.69, 9.17) is 0 Å². The van der Waals surface area contributed by atoms with E-state index < -0.39 is 0 Å². The summed E-state index contributed by atoms with van der Waals surface area (Å²) in [6, 6.07) is 9.55. The third kappa shape index (κ3) is 4.56. The van der Waals surface area contributed by atoms with E-state index in [9.17, 15) is 4.79 Å². The van der Waals surface area contributed by atoms with Gasteiger partial charge in [-0.25, -0.2) is 4.68 Å². The van der Waals surface area contributed by atoms with Crippen LogP contribution in [0.5, 0.6) is 0 Å². The molecule has 5 heteroatoms. The van der Waals surface area contributed by atoms with Gasteiger partial charge < -0.3 is 5.32 Å². The lowest BCUT2D eigenvalue weighted by Crippen LogP contribution is -2.15. The molecular formula is C16H18BrN3O. The predicted octanol–water partition coefficient (Wildman–Crippen LogP) is 3.95. The van der Waals surface area contributed by atoms with Crippen molar-refractivity contribution < 1.29 is 4.79 Å². The van der Waals surface area contributed by atoms with E-state index in [1.807, 2.05) is 24.3 Å². The van der Waals surface area contributed by atoms with Crippen LogP contribution in [0.1, 0.15) is 19.4 Å². The number of hydrogen-bond acceptors (Lipinski definition) is 2. The zero-order chi connectivity index (χ0) is 15.2. The number of benzene rings is 1. The van der Waals surface area contributed by atoms with Crippen molar-refractivity contribution in [2.75, 3.05) is 5.32 Å². The van der Waals surface area contributed by atoms with Crippen LogP contribution < -0.4 is 5.32 Å². The lowest BCUT2D eigenvalue weighted by Gasteiger charge is -2.09. The third-order valence-corrected chi connectivity index (χ3v) is 3.55. The van der Waals surface area contributed by atoms with E-state index in [1.165, 1.54) is 6.08 Å². The van der Waals surface area contributed by atoms with Crippen LogP contribution in [0.4, 0.5) is 5.82 Å². The Morgan fingerprint density at radius 3 is 2.86 bits per heavy atom. The molecule has 0 radical (unpaired) electrons. The Morgan fingerprint density at radius 2 is 2.14 bits per heavy atom. The van der Waals surface area contributed by atoms with Crippen molar-refractivity contribution >= 4 is 33.7 Å². The van der Waals surface area contributed by atoms with Crippen LogP contribution in [-0.4, -0.2) is 15.7 Å². The van der Waals surface area contributed by atoms with Crippen molar-refractivity contribution in [2.45, 2.75) is 20.4 Å². The molecule has 0 aliphatic rings. The molecule has 4 nitrogen and oxygen atoms in total. The first-order chi connectivity index (χ1) is 10.1. The Bertz CT molecular complexity index is 646. The maximum absolute atomic E-state index is 12.0. The molecule has 0 fully saturated rings. The largest absolute Gasteiger partial charge is 0.307 e. The van der Waals surface area contributed by atoms with Gasteiger partial charge >= 0.3 is 0 Å². The zero-order valence-electron chi connectivity index (χ0n) is 12.1. The summed E-state index contributed by atoms with van der Waals surface area (Å²) >= 11 is 3.45. The smallest absolute Gasteiger partial charge is 0.249 e. The van der Waals surface area contributed by atoms with E-state index in [2.05, 4.69) is 40.2 Å². The van der Waals surface area contributed by atoms with Crippen molar-refractivity contribution in [3.63, 3.8) is 0 Å². The maximum atomic E-state index is 12.0. The molecule has 110 valence electrons. The average molecular weight is 348 g/mol. The van der Waals surface area contributed by atoms with Gasteiger partial charge in [-0.05, 0) is 23.6 Å². The highest BCUT2D eigenvalue weighted by atomic mass is 79.9. The highest BCUT2D eigenvalue weighted by Crippen LogP contribution is 2.17. The highest BCUT2D eigenvalue weighted by Gasteiger charge is 2.06. The summed E-state index contributed by atoms with van der Waals surface area (Å²) < 4.78 is 2.76. The van der Waals surface area contributed by atoms with Gasteiger partial charge in [-0.3, -0.25) is 4.79 Å². The maximum Gasteiger partial charge on any atom is 0.249 e. The summed E-state index contributed by atoms with van der Waals surface area (Å²) in [6.45, 7) is 5.00. The van der Waals surface area contributed by atoms with Gasteiger partial charge in [-0.1, -0.05) is 48.0 Å². The molecule has 0 atom stereocenters. The lowest BCUT2D eigenvalue weighted by molar-refractivity contribution is -0.111. The molecule has 21 heavy (non-hydrogen) atoms. The molecule has 0 unspecified atom stereocenters. The van der Waals surface area contributed by atoms with Gasteiger partial charge in [0.05, 0.1) is 6.20 Å². The second kappa shape index (κ2) is 7.22. The topological polar surface area (TPSA) is 46.9 Å². The van der Waals surface area contributed by atoms with Crippen LogP contribution in [0, 0.1) is 5.92 Å². The normalized spacial score (nSPS) is 11.2. The molecule has 0 saturated carbocycles. The molecule has 0 spiro atoms. The highest BCUT2D eigenvalue weighted by molar-refractivity contribution is 9.10. The minimum atomic E-state index is -0.170. The van der Waals surface area contributed by atoms with Gasteiger partial charge in [0.1, 0.15) is 5.82 Å². The van der Waals surface area contributed by atoms with Crippen LogP contribution in [-0.2, 0) is 11.3 Å². The number of nitrogens with zero attached hydrogens (tertiary/aromatic N) is 2. The first-order valence-electron chi connectivity index (χ1n) is 6.81. The molecule has 1 amide bonds. The molecule has 2 aromatic rings. The van der Waals surface area contributed by atoms with Gasteiger partial charge in [-0.2, -0.15) is 5.10 Å². The Labute approximate surface area is 133 Å². The molecule has 1 aromatic heterocycles. The molecule has 0 saturated heterocycles. The van der Waals surface area contributed by atoms with Crippen molar-refractivity contribution in [3.05, 3.63) is 52.6 Å². The number of carbonyl (C=O) groups excluding carboxylic acids is 1. The number of rotatable bonds is 5. The Hall–Kier alpha value is -1.88. The minimum Gasteiger partial charge on any atom is -0.307 e. The van der Waals surface area contributed by atoms with E-state index in [0.717, 1.165) is 16.6 Å². The SMILES string of the molecule is CC(C)Cn1nccc1NC(=O)/C=C/c1ccccc1Br. The summed E-state index contributed by atoms with van der Waals surface area (Å²) in [4.78, 5) is 12.0. The van der Waals surface area contributed by atoms with Crippen LogP contribution in [0.2, 0.25) is 0 Å². The van der Waals surface area contributed by atoms with Gasteiger partial charge in [0.15, 0.2) is 0 Å². The second-order valence-corrected chi connectivity index (χ2v) is 5.99. The number of hydrogen-bond donors (Lipinski definition) is 1. The van der Waals surface area contributed by atoms with Crippen molar-refractivity contribution in [1.82, 2.24) is 9.78 Å². The molecule has 2 rings (SSSR count). The summed E-state index contributed by atoms with van der Waals surface area (Å²) in [5.74, 6) is 1.01. The summed E-state index contributed by atoms with van der Waals surface area (Å²) in [6.07, 6.45) is 4.99. The van der Waals surface area contributed by atoms with Gasteiger partial charge in [0.25, 0.3) is 0 Å². The van der Waals surface area contributed by atoms with Gasteiger partial charge in [-0.15, -0.1) is 0 Å². The first-order valence-corrected chi connectivity index (χ1v) is 7.61. The average Bonchev–Trinajstić information content (AvgIpc) is 2.84. The molecule has 1 heterocycles.